The molecule has 12 nitrogen and oxygen atoms in total. The molecule has 1 aliphatic heterocycles. The quantitative estimate of drug-likeness (QED) is 0.465. The molecule has 196 valence electrons. The fourth-order valence-corrected chi connectivity index (χ4v) is 3.14. The highest BCUT2D eigenvalue weighted by Crippen LogP contribution is 2.44. The largest absolute Gasteiger partial charge is 0.487 e. The van der Waals surface area contributed by atoms with Gasteiger partial charge in [-0.3, -0.25) is 20.2 Å². The monoisotopic (exact) mass is 517 g/mol. The van der Waals surface area contributed by atoms with Crippen molar-refractivity contribution in [2.75, 3.05) is 58.2 Å². The topological polar surface area (TPSA) is 144 Å². The van der Waals surface area contributed by atoms with Gasteiger partial charge in [0.05, 0.1) is 61.1 Å². The van der Waals surface area contributed by atoms with E-state index in [1.807, 2.05) is 0 Å². The molecule has 1 N–H and O–H groups in total. The fraction of sp³-hybridized carbons (Fsp3) is 0.429. The Labute approximate surface area is 202 Å². The third-order valence-electron chi connectivity index (χ3n) is 4.74. The molecule has 0 radical (unpaired) electrons. The Bertz CT molecular complexity index is 1080. The van der Waals surface area contributed by atoms with E-state index in [4.69, 9.17) is 23.7 Å². The molecule has 1 aliphatic rings. The van der Waals surface area contributed by atoms with Gasteiger partial charge in [-0.1, -0.05) is 0 Å². The Morgan fingerprint density at radius 3 is 1.83 bits per heavy atom. The summed E-state index contributed by atoms with van der Waals surface area (Å²) in [5, 5.41) is 24.9. The number of nitrogens with zero attached hydrogens (tertiary/aromatic N) is 2. The van der Waals surface area contributed by atoms with E-state index in [9.17, 15) is 33.4 Å². The second-order valence-electron chi connectivity index (χ2n) is 7.22. The van der Waals surface area contributed by atoms with Crippen LogP contribution < -0.4 is 14.8 Å². The van der Waals surface area contributed by atoms with Crippen LogP contribution in [0.2, 0.25) is 0 Å². The van der Waals surface area contributed by atoms with Crippen LogP contribution in [0.5, 0.6) is 11.5 Å². The van der Waals surface area contributed by atoms with Crippen molar-refractivity contribution in [2.24, 2.45) is 0 Å². The van der Waals surface area contributed by atoms with Gasteiger partial charge >= 0.3 is 6.18 Å². The third-order valence-corrected chi connectivity index (χ3v) is 4.74. The fourth-order valence-electron chi connectivity index (χ4n) is 3.14. The van der Waals surface area contributed by atoms with Gasteiger partial charge in [0.2, 0.25) is 0 Å². The van der Waals surface area contributed by atoms with Crippen LogP contribution in [0.3, 0.4) is 0 Å². The minimum atomic E-state index is -5.12. The van der Waals surface area contributed by atoms with Gasteiger partial charge in [-0.15, -0.1) is 0 Å². The Morgan fingerprint density at radius 2 is 1.31 bits per heavy atom. The first-order valence-corrected chi connectivity index (χ1v) is 10.6. The van der Waals surface area contributed by atoms with Gasteiger partial charge in [-0.2, -0.15) is 13.2 Å². The molecule has 0 amide bonds. The van der Waals surface area contributed by atoms with Crippen molar-refractivity contribution >= 4 is 22.7 Å². The van der Waals surface area contributed by atoms with E-state index in [2.05, 4.69) is 5.32 Å². The summed E-state index contributed by atoms with van der Waals surface area (Å²) >= 11 is 0. The van der Waals surface area contributed by atoms with Crippen molar-refractivity contribution < 1.29 is 46.7 Å². The number of rotatable bonds is 4. The van der Waals surface area contributed by atoms with Crippen molar-refractivity contribution in [1.82, 2.24) is 0 Å². The second-order valence-corrected chi connectivity index (χ2v) is 7.22. The molecule has 0 saturated heterocycles. The number of benzene rings is 2. The number of ether oxygens (including phenoxy) is 5. The maximum absolute atomic E-state index is 13.7. The van der Waals surface area contributed by atoms with Crippen molar-refractivity contribution in [3.05, 3.63) is 56.1 Å². The SMILES string of the molecule is O=[N+]([O-])c1cc([N+](=O)[O-])c(Nc2ccc3c(c2)OCCOCCOCCOCCO3)c(C(F)(F)F)c1. The smallest absolute Gasteiger partial charge is 0.418 e. The van der Waals surface area contributed by atoms with Crippen molar-refractivity contribution in [3.8, 4) is 11.5 Å². The molecular weight excluding hydrogens is 495 g/mol. The van der Waals surface area contributed by atoms with E-state index >= 15 is 0 Å². The predicted molar refractivity (Wildman–Crippen MR) is 118 cm³/mol. The number of nitrogens with one attached hydrogen (secondary N) is 1. The van der Waals surface area contributed by atoms with Crippen LogP contribution in [-0.2, 0) is 20.4 Å². The maximum atomic E-state index is 13.7. The number of halogens is 3. The highest BCUT2D eigenvalue weighted by atomic mass is 19.4. The lowest BCUT2D eigenvalue weighted by Gasteiger charge is -2.17. The number of anilines is 2. The van der Waals surface area contributed by atoms with Gasteiger partial charge in [0, 0.05) is 17.8 Å². The zero-order valence-corrected chi connectivity index (χ0v) is 18.7. The molecule has 0 aliphatic carbocycles. The van der Waals surface area contributed by atoms with Crippen LogP contribution in [0.4, 0.5) is 35.9 Å². The number of nitro benzene ring substituents is 2. The van der Waals surface area contributed by atoms with E-state index in [0.717, 1.165) is 0 Å². The molecule has 0 atom stereocenters. The molecule has 2 aromatic rings. The van der Waals surface area contributed by atoms with Gasteiger partial charge in [0.1, 0.15) is 18.9 Å². The highest BCUT2D eigenvalue weighted by Gasteiger charge is 2.39. The number of hydrogen-bond donors (Lipinski definition) is 1. The predicted octanol–water partition coefficient (Wildman–Crippen LogP) is 4.09. The summed E-state index contributed by atoms with van der Waals surface area (Å²) in [7, 11) is 0. The van der Waals surface area contributed by atoms with Crippen LogP contribution in [0.15, 0.2) is 30.3 Å². The molecule has 0 spiro atoms. The number of non-ortho nitro benzene ring substituents is 1. The summed E-state index contributed by atoms with van der Waals surface area (Å²) in [6.07, 6.45) is -5.12. The molecule has 0 fully saturated rings. The lowest BCUT2D eigenvalue weighted by Crippen LogP contribution is -2.13. The standard InChI is InChI=1S/C21H22F3N3O9/c22-21(23,24)16-12-15(26(28)29)13-17(27(30)31)20(16)25-14-1-2-18-19(11-14)36-10-8-34-6-4-32-3-5-33-7-9-35-18/h1-2,11-13,25H,3-10H2. The average Bonchev–Trinajstić information content (AvgIpc) is 2.82. The average molecular weight is 517 g/mol. The molecule has 0 unspecified atom stereocenters. The second kappa shape index (κ2) is 12.3. The molecule has 0 bridgehead atoms. The molecule has 2 aromatic carbocycles. The van der Waals surface area contributed by atoms with Crippen LogP contribution in [-0.4, -0.2) is 62.7 Å². The molecule has 15 heteroatoms. The third kappa shape index (κ3) is 7.40. The van der Waals surface area contributed by atoms with Crippen molar-refractivity contribution in [3.63, 3.8) is 0 Å². The summed E-state index contributed by atoms with van der Waals surface area (Å²) in [6, 6.07) is 4.72. The van der Waals surface area contributed by atoms with E-state index in [1.165, 1.54) is 18.2 Å². The normalized spacial score (nSPS) is 15.9. The Kier molecular flexibility index (Phi) is 9.21. The van der Waals surface area contributed by atoms with Gasteiger partial charge in [-0.25, -0.2) is 0 Å². The molecular formula is C21H22F3N3O9. The molecule has 0 aromatic heterocycles. The van der Waals surface area contributed by atoms with Gasteiger partial charge in [0.15, 0.2) is 11.5 Å². The summed E-state index contributed by atoms with van der Waals surface area (Å²) in [5.74, 6) is 0.386. The highest BCUT2D eigenvalue weighted by molar-refractivity contribution is 5.77. The molecule has 3 rings (SSSR count). The maximum Gasteiger partial charge on any atom is 0.418 e. The lowest BCUT2D eigenvalue weighted by atomic mass is 10.1. The van der Waals surface area contributed by atoms with Gasteiger partial charge in [-0.05, 0) is 12.1 Å². The summed E-state index contributed by atoms with van der Waals surface area (Å²) in [4.78, 5) is 20.3. The number of hydrogen-bond acceptors (Lipinski definition) is 10. The molecule has 36 heavy (non-hydrogen) atoms. The first kappa shape index (κ1) is 26.9. The minimum absolute atomic E-state index is 0.0108. The number of alkyl halides is 3. The van der Waals surface area contributed by atoms with Crippen molar-refractivity contribution in [2.45, 2.75) is 6.18 Å². The van der Waals surface area contributed by atoms with E-state index < -0.39 is 38.6 Å². The summed E-state index contributed by atoms with van der Waals surface area (Å²) < 4.78 is 68.4. The number of nitro groups is 2. The molecule has 1 heterocycles. The first-order chi connectivity index (χ1) is 17.2. The first-order valence-electron chi connectivity index (χ1n) is 10.6. The minimum Gasteiger partial charge on any atom is -0.487 e. The van der Waals surface area contributed by atoms with Crippen molar-refractivity contribution in [1.29, 1.82) is 0 Å². The number of fused-ring (bicyclic) bond motifs is 1. The zero-order valence-electron chi connectivity index (χ0n) is 18.7. The lowest BCUT2D eigenvalue weighted by molar-refractivity contribution is -0.394. The Balaban J connectivity index is 1.94. The van der Waals surface area contributed by atoms with Crippen LogP contribution in [0.1, 0.15) is 5.56 Å². The Morgan fingerprint density at radius 1 is 0.750 bits per heavy atom. The summed E-state index contributed by atoms with van der Waals surface area (Å²) in [6.45, 7) is 2.06. The van der Waals surface area contributed by atoms with E-state index in [0.29, 0.717) is 32.5 Å². The molecule has 0 saturated carbocycles. The van der Waals surface area contributed by atoms with E-state index in [-0.39, 0.29) is 49.7 Å². The summed E-state index contributed by atoms with van der Waals surface area (Å²) in [5.41, 5.74) is -4.71. The van der Waals surface area contributed by atoms with Crippen LogP contribution >= 0.6 is 0 Å². The van der Waals surface area contributed by atoms with Gasteiger partial charge < -0.3 is 29.0 Å². The van der Waals surface area contributed by atoms with Crippen LogP contribution in [0, 0.1) is 20.2 Å². The van der Waals surface area contributed by atoms with Crippen LogP contribution in [0.25, 0.3) is 0 Å². The Hall–Kier alpha value is -3.69. The zero-order chi connectivity index (χ0) is 26.1. The van der Waals surface area contributed by atoms with E-state index in [1.54, 1.807) is 0 Å². The van der Waals surface area contributed by atoms with Gasteiger partial charge in [0.25, 0.3) is 11.4 Å².